The number of rotatable bonds is 4. The van der Waals surface area contributed by atoms with Crippen molar-refractivity contribution in [1.82, 2.24) is 15.0 Å². The summed E-state index contributed by atoms with van der Waals surface area (Å²) in [6, 6.07) is 48.4. The van der Waals surface area contributed by atoms with Crippen molar-refractivity contribution in [3.05, 3.63) is 152 Å². The SMILES string of the molecule is c1ccc2c(c1)cc(-c1cc(-c3ccc(-c4ccncc4)cc3)nc(-c3cccc4c3oc3ccccc34)n1)c1ccccc12. The van der Waals surface area contributed by atoms with Crippen LogP contribution in [0.15, 0.2) is 156 Å². The van der Waals surface area contributed by atoms with Gasteiger partial charge in [-0.1, -0.05) is 103 Å². The van der Waals surface area contributed by atoms with Crippen LogP contribution in [-0.4, -0.2) is 15.0 Å². The lowest BCUT2D eigenvalue weighted by atomic mass is 9.95. The number of fused-ring (bicyclic) bond motifs is 6. The van der Waals surface area contributed by atoms with Crippen LogP contribution in [0, 0.1) is 0 Å². The average molecular weight is 576 g/mol. The Morgan fingerprint density at radius 3 is 1.91 bits per heavy atom. The fourth-order valence-corrected chi connectivity index (χ4v) is 6.42. The maximum Gasteiger partial charge on any atom is 0.164 e. The number of hydrogen-bond donors (Lipinski definition) is 0. The highest BCUT2D eigenvalue weighted by Gasteiger charge is 2.18. The third-order valence-corrected chi connectivity index (χ3v) is 8.61. The third-order valence-electron chi connectivity index (χ3n) is 8.61. The highest BCUT2D eigenvalue weighted by atomic mass is 16.3. The minimum atomic E-state index is 0.627. The minimum Gasteiger partial charge on any atom is -0.455 e. The fourth-order valence-electron chi connectivity index (χ4n) is 6.42. The van der Waals surface area contributed by atoms with E-state index in [2.05, 4.69) is 114 Å². The van der Waals surface area contributed by atoms with Crippen molar-refractivity contribution in [3.8, 4) is 45.0 Å². The van der Waals surface area contributed by atoms with Crippen molar-refractivity contribution in [2.75, 3.05) is 0 Å². The van der Waals surface area contributed by atoms with Crippen LogP contribution in [0.3, 0.4) is 0 Å². The van der Waals surface area contributed by atoms with Crippen LogP contribution in [-0.2, 0) is 0 Å². The lowest BCUT2D eigenvalue weighted by molar-refractivity contribution is 0.669. The van der Waals surface area contributed by atoms with Crippen LogP contribution in [0.25, 0.3) is 88.5 Å². The first kappa shape index (κ1) is 25.4. The smallest absolute Gasteiger partial charge is 0.164 e. The Balaban J connectivity index is 1.30. The van der Waals surface area contributed by atoms with Gasteiger partial charge in [-0.25, -0.2) is 9.97 Å². The molecule has 0 aliphatic carbocycles. The van der Waals surface area contributed by atoms with Crippen molar-refractivity contribution in [2.45, 2.75) is 0 Å². The Morgan fingerprint density at radius 1 is 0.422 bits per heavy atom. The molecule has 0 spiro atoms. The third kappa shape index (κ3) is 4.27. The maximum atomic E-state index is 6.44. The molecule has 4 heteroatoms. The predicted octanol–water partition coefficient (Wildman–Crippen LogP) is 10.7. The summed E-state index contributed by atoms with van der Waals surface area (Å²) in [5, 5.41) is 6.89. The zero-order valence-electron chi connectivity index (χ0n) is 24.2. The Morgan fingerprint density at radius 2 is 1.07 bits per heavy atom. The Hall–Kier alpha value is -6.13. The van der Waals surface area contributed by atoms with Crippen molar-refractivity contribution < 1.29 is 4.42 Å². The van der Waals surface area contributed by atoms with Gasteiger partial charge in [-0.2, -0.15) is 0 Å². The van der Waals surface area contributed by atoms with Gasteiger partial charge in [0.1, 0.15) is 11.2 Å². The largest absolute Gasteiger partial charge is 0.455 e. The van der Waals surface area contributed by atoms with Crippen molar-refractivity contribution in [2.24, 2.45) is 0 Å². The number of benzene rings is 6. The summed E-state index contributed by atoms with van der Waals surface area (Å²) >= 11 is 0. The summed E-state index contributed by atoms with van der Waals surface area (Å²) in [7, 11) is 0. The monoisotopic (exact) mass is 575 g/mol. The molecule has 0 saturated heterocycles. The second kappa shape index (κ2) is 10.2. The van der Waals surface area contributed by atoms with Crippen LogP contribution >= 0.6 is 0 Å². The second-order valence-corrected chi connectivity index (χ2v) is 11.2. The van der Waals surface area contributed by atoms with Gasteiger partial charge in [-0.15, -0.1) is 0 Å². The van der Waals surface area contributed by atoms with E-state index in [9.17, 15) is 0 Å². The Kier molecular flexibility index (Phi) is 5.78. The standard InChI is InChI=1S/C41H25N3O/c1-2-9-30-29(8-1)24-36(32-11-4-3-10-31(30)32)38-25-37(28-18-16-26(17-19-28)27-20-22-42-23-21-27)43-41(44-38)35-14-7-13-34-33-12-5-6-15-39(33)45-40(34)35/h1-25H. The number of nitrogens with zero attached hydrogens (tertiary/aromatic N) is 3. The first-order chi connectivity index (χ1) is 22.3. The molecule has 210 valence electrons. The Labute approximate surface area is 259 Å². The van der Waals surface area contributed by atoms with E-state index in [-0.39, 0.29) is 0 Å². The molecule has 0 amide bonds. The first-order valence-electron chi connectivity index (χ1n) is 15.0. The van der Waals surface area contributed by atoms with Gasteiger partial charge in [0.05, 0.1) is 17.0 Å². The molecule has 0 atom stereocenters. The van der Waals surface area contributed by atoms with Crippen molar-refractivity contribution in [3.63, 3.8) is 0 Å². The van der Waals surface area contributed by atoms with E-state index in [4.69, 9.17) is 14.4 Å². The molecule has 0 saturated carbocycles. The van der Waals surface area contributed by atoms with Gasteiger partial charge in [-0.05, 0) is 69.1 Å². The van der Waals surface area contributed by atoms with Gasteiger partial charge in [0.15, 0.2) is 5.82 Å². The molecule has 0 fully saturated rings. The molecule has 4 nitrogen and oxygen atoms in total. The Bertz CT molecular complexity index is 2530. The first-order valence-corrected chi connectivity index (χ1v) is 15.0. The van der Waals surface area contributed by atoms with E-state index < -0.39 is 0 Å². The van der Waals surface area contributed by atoms with E-state index in [1.165, 1.54) is 16.2 Å². The number of hydrogen-bond acceptors (Lipinski definition) is 4. The lowest BCUT2D eigenvalue weighted by Gasteiger charge is -2.13. The highest BCUT2D eigenvalue weighted by Crippen LogP contribution is 2.39. The van der Waals surface area contributed by atoms with Crippen molar-refractivity contribution >= 4 is 43.5 Å². The van der Waals surface area contributed by atoms with E-state index in [0.29, 0.717) is 5.82 Å². The molecule has 6 aromatic carbocycles. The lowest BCUT2D eigenvalue weighted by Crippen LogP contribution is -1.97. The van der Waals surface area contributed by atoms with E-state index >= 15 is 0 Å². The van der Waals surface area contributed by atoms with Crippen molar-refractivity contribution in [1.29, 1.82) is 0 Å². The molecule has 0 bridgehead atoms. The summed E-state index contributed by atoms with van der Waals surface area (Å²) in [6.07, 6.45) is 3.64. The zero-order chi connectivity index (χ0) is 29.7. The van der Waals surface area contributed by atoms with Gasteiger partial charge in [-0.3, -0.25) is 4.98 Å². The summed E-state index contributed by atoms with van der Waals surface area (Å²) in [4.78, 5) is 14.6. The van der Waals surface area contributed by atoms with Gasteiger partial charge < -0.3 is 4.42 Å². The molecule has 3 heterocycles. The fraction of sp³-hybridized carbons (Fsp3) is 0. The number of furan rings is 1. The molecule has 9 aromatic rings. The van der Waals surface area contributed by atoms with Gasteiger partial charge in [0.25, 0.3) is 0 Å². The molecule has 9 rings (SSSR count). The second-order valence-electron chi connectivity index (χ2n) is 11.2. The summed E-state index contributed by atoms with van der Waals surface area (Å²) in [6.45, 7) is 0. The summed E-state index contributed by atoms with van der Waals surface area (Å²) < 4.78 is 6.44. The minimum absolute atomic E-state index is 0.627. The molecule has 0 aliphatic rings. The molecular formula is C41H25N3O. The maximum absolute atomic E-state index is 6.44. The molecule has 3 aromatic heterocycles. The van der Waals surface area contributed by atoms with Crippen LogP contribution in [0.5, 0.6) is 0 Å². The topological polar surface area (TPSA) is 51.8 Å². The molecule has 0 radical (unpaired) electrons. The van der Waals surface area contributed by atoms with E-state index in [0.717, 1.165) is 66.5 Å². The van der Waals surface area contributed by atoms with Gasteiger partial charge in [0.2, 0.25) is 0 Å². The van der Waals surface area contributed by atoms with Crippen LogP contribution in [0.4, 0.5) is 0 Å². The van der Waals surface area contributed by atoms with E-state index in [1.54, 1.807) is 0 Å². The molecule has 0 N–H and O–H groups in total. The van der Waals surface area contributed by atoms with E-state index in [1.807, 2.05) is 42.7 Å². The predicted molar refractivity (Wildman–Crippen MR) is 184 cm³/mol. The summed E-state index contributed by atoms with van der Waals surface area (Å²) in [5.41, 5.74) is 8.55. The number of aromatic nitrogens is 3. The average Bonchev–Trinajstić information content (AvgIpc) is 3.50. The zero-order valence-corrected chi connectivity index (χ0v) is 24.2. The number of pyridine rings is 1. The highest BCUT2D eigenvalue weighted by molar-refractivity contribution is 6.14. The summed E-state index contributed by atoms with van der Waals surface area (Å²) in [5.74, 6) is 0.627. The van der Waals surface area contributed by atoms with Gasteiger partial charge in [0, 0.05) is 34.3 Å². The molecular weight excluding hydrogens is 550 g/mol. The molecule has 45 heavy (non-hydrogen) atoms. The molecule has 0 aliphatic heterocycles. The number of para-hydroxylation sites is 2. The molecule has 0 unspecified atom stereocenters. The van der Waals surface area contributed by atoms with Crippen LogP contribution in [0.2, 0.25) is 0 Å². The van der Waals surface area contributed by atoms with Gasteiger partial charge >= 0.3 is 0 Å². The van der Waals surface area contributed by atoms with Crippen LogP contribution in [0.1, 0.15) is 0 Å². The van der Waals surface area contributed by atoms with Crippen LogP contribution < -0.4 is 0 Å². The quantitative estimate of drug-likeness (QED) is 0.196. The normalized spacial score (nSPS) is 11.6.